The highest BCUT2D eigenvalue weighted by molar-refractivity contribution is 9.10. The van der Waals surface area contributed by atoms with Crippen molar-refractivity contribution in [3.63, 3.8) is 0 Å². The normalized spacial score (nSPS) is 12.8. The van der Waals surface area contributed by atoms with Crippen LogP contribution in [-0.2, 0) is 0 Å². The maximum Gasteiger partial charge on any atom is 0.124 e. The van der Waals surface area contributed by atoms with Gasteiger partial charge in [0, 0.05) is 19.4 Å². The number of thiophene rings is 1. The monoisotopic (exact) mass is 378 g/mol. The van der Waals surface area contributed by atoms with Crippen LogP contribution in [0.1, 0.15) is 21.4 Å². The summed E-state index contributed by atoms with van der Waals surface area (Å²) in [6, 6.07) is 6.25. The van der Waals surface area contributed by atoms with Gasteiger partial charge >= 0.3 is 0 Å². The number of benzene rings is 1. The van der Waals surface area contributed by atoms with Crippen LogP contribution in [0.5, 0.6) is 0 Å². The summed E-state index contributed by atoms with van der Waals surface area (Å²) < 4.78 is 14.4. The fourth-order valence-corrected chi connectivity index (χ4v) is 3.99. The van der Waals surface area contributed by atoms with Crippen molar-refractivity contribution in [1.29, 1.82) is 0 Å². The molecule has 2 aromatic rings. The fraction of sp³-hybridized carbons (Fsp3) is 0.167. The molecule has 0 spiro atoms. The molecule has 0 bridgehead atoms. The average molecular weight is 380 g/mol. The first kappa shape index (κ1) is 13.2. The van der Waals surface area contributed by atoms with E-state index in [1.165, 1.54) is 23.5 Å². The molecule has 0 fully saturated rings. The summed E-state index contributed by atoms with van der Waals surface area (Å²) in [6.45, 7) is 1.98. The molecule has 0 saturated carbocycles. The van der Waals surface area contributed by atoms with Gasteiger partial charge in [-0.25, -0.2) is 4.39 Å². The van der Waals surface area contributed by atoms with Gasteiger partial charge in [0.05, 0.1) is 4.88 Å². The first-order chi connectivity index (χ1) is 7.99. The molecule has 0 radical (unpaired) electrons. The van der Waals surface area contributed by atoms with Gasteiger partial charge in [-0.2, -0.15) is 0 Å². The van der Waals surface area contributed by atoms with Gasteiger partial charge in [0.25, 0.3) is 0 Å². The molecule has 0 amide bonds. The Hall–Kier alpha value is -0.230. The molecule has 1 aromatic heterocycles. The number of halogens is 3. The molecule has 1 nitrogen and oxygen atoms in total. The number of hydrogen-bond acceptors (Lipinski definition) is 2. The largest absolute Gasteiger partial charge is 0.383 e. The minimum Gasteiger partial charge on any atom is -0.383 e. The van der Waals surface area contributed by atoms with E-state index in [9.17, 15) is 9.50 Å². The van der Waals surface area contributed by atoms with Gasteiger partial charge in [-0.15, -0.1) is 11.3 Å². The second-order valence-electron chi connectivity index (χ2n) is 3.64. The van der Waals surface area contributed by atoms with Gasteiger partial charge in [-0.1, -0.05) is 22.0 Å². The lowest BCUT2D eigenvalue weighted by atomic mass is 10.1. The summed E-state index contributed by atoms with van der Waals surface area (Å²) >= 11 is 8.20. The minimum absolute atomic E-state index is 0.325. The van der Waals surface area contributed by atoms with Crippen molar-refractivity contribution in [3.8, 4) is 0 Å². The lowest BCUT2D eigenvalue weighted by Gasteiger charge is -2.12. The summed E-state index contributed by atoms with van der Waals surface area (Å²) in [5.74, 6) is -0.325. The molecule has 1 N–H and O–H groups in total. The topological polar surface area (TPSA) is 20.2 Å². The second kappa shape index (κ2) is 5.18. The quantitative estimate of drug-likeness (QED) is 0.794. The van der Waals surface area contributed by atoms with E-state index in [1.54, 1.807) is 6.07 Å². The van der Waals surface area contributed by atoms with Gasteiger partial charge in [-0.05, 0) is 41.1 Å². The molecular weight excluding hydrogens is 371 g/mol. The summed E-state index contributed by atoms with van der Waals surface area (Å²) in [5, 5.41) is 10.3. The Morgan fingerprint density at radius 2 is 1.94 bits per heavy atom. The Balaban J connectivity index is 2.43. The van der Waals surface area contributed by atoms with Crippen LogP contribution in [0.15, 0.2) is 33.2 Å². The highest BCUT2D eigenvalue weighted by Gasteiger charge is 2.19. The van der Waals surface area contributed by atoms with Crippen LogP contribution in [0.2, 0.25) is 0 Å². The molecule has 1 atom stereocenters. The Morgan fingerprint density at radius 1 is 1.24 bits per heavy atom. The van der Waals surface area contributed by atoms with E-state index in [4.69, 9.17) is 0 Å². The smallest absolute Gasteiger partial charge is 0.124 e. The molecule has 1 aromatic carbocycles. The van der Waals surface area contributed by atoms with Gasteiger partial charge in [0.15, 0.2) is 0 Å². The van der Waals surface area contributed by atoms with Gasteiger partial charge in [0.2, 0.25) is 0 Å². The van der Waals surface area contributed by atoms with Crippen LogP contribution in [0, 0.1) is 12.7 Å². The fourth-order valence-electron chi connectivity index (χ4n) is 1.55. The Bertz CT molecular complexity index is 553. The zero-order valence-electron chi connectivity index (χ0n) is 8.88. The van der Waals surface area contributed by atoms with Crippen molar-refractivity contribution < 1.29 is 9.50 Å². The third-order valence-corrected chi connectivity index (χ3v) is 5.05. The molecular formula is C12H9Br2FOS. The van der Waals surface area contributed by atoms with E-state index in [0.29, 0.717) is 10.0 Å². The van der Waals surface area contributed by atoms with Gasteiger partial charge in [-0.3, -0.25) is 0 Å². The Labute approximate surface area is 120 Å². The van der Waals surface area contributed by atoms with Crippen molar-refractivity contribution in [3.05, 3.63) is 54.3 Å². The molecule has 1 unspecified atom stereocenters. The number of hydrogen-bond donors (Lipinski definition) is 1. The maximum atomic E-state index is 13.0. The Morgan fingerprint density at radius 3 is 2.47 bits per heavy atom. The summed E-state index contributed by atoms with van der Waals surface area (Å²) in [4.78, 5) is 1.94. The molecule has 2 rings (SSSR count). The maximum absolute atomic E-state index is 13.0. The van der Waals surface area contributed by atoms with E-state index in [0.717, 1.165) is 14.2 Å². The molecule has 1 heterocycles. The number of aliphatic hydroxyl groups excluding tert-OH is 1. The van der Waals surface area contributed by atoms with Crippen LogP contribution < -0.4 is 0 Å². The molecule has 0 saturated heterocycles. The van der Waals surface area contributed by atoms with Crippen LogP contribution >= 0.6 is 43.2 Å². The van der Waals surface area contributed by atoms with Crippen molar-refractivity contribution in [1.82, 2.24) is 0 Å². The van der Waals surface area contributed by atoms with Crippen molar-refractivity contribution in [2.45, 2.75) is 13.0 Å². The standard InChI is InChI=1S/C12H9Br2FOS/c1-6-4-10(14)12(17-6)11(16)8-3-2-7(15)5-9(8)13/h2-5,11,16H,1H3. The number of aryl methyl sites for hydroxylation is 1. The first-order valence-electron chi connectivity index (χ1n) is 4.88. The molecule has 5 heteroatoms. The predicted octanol–water partition coefficient (Wildman–Crippen LogP) is 4.80. The minimum atomic E-state index is -0.752. The third kappa shape index (κ3) is 2.78. The predicted molar refractivity (Wildman–Crippen MR) is 74.9 cm³/mol. The van der Waals surface area contributed by atoms with E-state index in [1.807, 2.05) is 13.0 Å². The van der Waals surface area contributed by atoms with Crippen molar-refractivity contribution >= 4 is 43.2 Å². The van der Waals surface area contributed by atoms with Crippen LogP contribution in [0.4, 0.5) is 4.39 Å². The summed E-state index contributed by atoms with van der Waals surface area (Å²) in [6.07, 6.45) is -0.752. The summed E-state index contributed by atoms with van der Waals surface area (Å²) in [5.41, 5.74) is 0.661. The van der Waals surface area contributed by atoms with E-state index >= 15 is 0 Å². The lowest BCUT2D eigenvalue weighted by Crippen LogP contribution is -1.99. The van der Waals surface area contributed by atoms with E-state index in [2.05, 4.69) is 31.9 Å². The molecule has 0 aliphatic carbocycles. The zero-order valence-corrected chi connectivity index (χ0v) is 12.9. The van der Waals surface area contributed by atoms with Crippen molar-refractivity contribution in [2.75, 3.05) is 0 Å². The van der Waals surface area contributed by atoms with Crippen molar-refractivity contribution in [2.24, 2.45) is 0 Å². The van der Waals surface area contributed by atoms with Crippen LogP contribution in [0.3, 0.4) is 0 Å². The van der Waals surface area contributed by atoms with Gasteiger partial charge < -0.3 is 5.11 Å². The highest BCUT2D eigenvalue weighted by atomic mass is 79.9. The molecule has 0 aliphatic heterocycles. The Kier molecular flexibility index (Phi) is 4.02. The second-order valence-corrected chi connectivity index (χ2v) is 6.63. The zero-order chi connectivity index (χ0) is 12.6. The van der Waals surface area contributed by atoms with Crippen LogP contribution in [0.25, 0.3) is 0 Å². The third-order valence-electron chi connectivity index (χ3n) is 2.34. The molecule has 17 heavy (non-hydrogen) atoms. The number of rotatable bonds is 2. The number of aliphatic hydroxyl groups is 1. The molecule has 90 valence electrons. The first-order valence-corrected chi connectivity index (χ1v) is 7.28. The lowest BCUT2D eigenvalue weighted by molar-refractivity contribution is 0.222. The SMILES string of the molecule is Cc1cc(Br)c(C(O)c2ccc(F)cc2Br)s1. The average Bonchev–Trinajstić information content (AvgIpc) is 2.57. The van der Waals surface area contributed by atoms with Crippen LogP contribution in [-0.4, -0.2) is 5.11 Å². The molecule has 0 aliphatic rings. The van der Waals surface area contributed by atoms with E-state index < -0.39 is 6.10 Å². The summed E-state index contributed by atoms with van der Waals surface area (Å²) in [7, 11) is 0. The van der Waals surface area contributed by atoms with E-state index in [-0.39, 0.29) is 5.82 Å². The van der Waals surface area contributed by atoms with Gasteiger partial charge in [0.1, 0.15) is 11.9 Å². The highest BCUT2D eigenvalue weighted by Crippen LogP contribution is 2.37.